The lowest BCUT2D eigenvalue weighted by Crippen LogP contribution is -2.26. The number of hydrogen-bond acceptors (Lipinski definition) is 4. The molecule has 2 aromatic rings. The molecule has 4 nitrogen and oxygen atoms in total. The highest BCUT2D eigenvalue weighted by atomic mass is 32.2. The van der Waals surface area contributed by atoms with Crippen LogP contribution in [0.5, 0.6) is 0 Å². The zero-order chi connectivity index (χ0) is 14.2. The van der Waals surface area contributed by atoms with E-state index in [0.717, 1.165) is 10.5 Å². The molecule has 0 aliphatic rings. The van der Waals surface area contributed by atoms with Gasteiger partial charge in [-0.15, -0.1) is 11.8 Å². The van der Waals surface area contributed by atoms with Gasteiger partial charge in [-0.25, -0.2) is 5.43 Å². The zero-order valence-electron chi connectivity index (χ0n) is 11.1. The Labute approximate surface area is 122 Å². The fourth-order valence-electron chi connectivity index (χ4n) is 1.47. The molecular weight excluding hydrogens is 270 g/mol. The molecule has 1 aromatic carbocycles. The van der Waals surface area contributed by atoms with Gasteiger partial charge >= 0.3 is 0 Å². The summed E-state index contributed by atoms with van der Waals surface area (Å²) in [7, 11) is 0. The minimum absolute atomic E-state index is 0.126. The third-order valence-electron chi connectivity index (χ3n) is 2.50. The van der Waals surface area contributed by atoms with Crippen LogP contribution in [0.25, 0.3) is 0 Å². The van der Waals surface area contributed by atoms with E-state index in [2.05, 4.69) is 15.5 Å². The van der Waals surface area contributed by atoms with Crippen LogP contribution in [0.1, 0.15) is 12.5 Å². The van der Waals surface area contributed by atoms with Gasteiger partial charge in [-0.05, 0) is 25.1 Å². The van der Waals surface area contributed by atoms with Crippen molar-refractivity contribution in [1.29, 1.82) is 0 Å². The number of amides is 1. The van der Waals surface area contributed by atoms with E-state index < -0.39 is 0 Å². The van der Waals surface area contributed by atoms with E-state index >= 15 is 0 Å². The molecular formula is C15H15N3OS. The van der Waals surface area contributed by atoms with Crippen molar-refractivity contribution in [2.45, 2.75) is 17.1 Å². The molecule has 0 bridgehead atoms. The molecule has 1 heterocycles. The van der Waals surface area contributed by atoms with E-state index in [0.29, 0.717) is 0 Å². The predicted molar refractivity (Wildman–Crippen MR) is 81.7 cm³/mol. The number of hydrogen-bond donors (Lipinski definition) is 1. The second kappa shape index (κ2) is 7.45. The second-order valence-corrected chi connectivity index (χ2v) is 5.51. The van der Waals surface area contributed by atoms with E-state index in [1.54, 1.807) is 18.6 Å². The minimum Gasteiger partial charge on any atom is -0.272 e. The van der Waals surface area contributed by atoms with Gasteiger partial charge < -0.3 is 0 Å². The lowest BCUT2D eigenvalue weighted by Gasteiger charge is -2.08. The summed E-state index contributed by atoms with van der Waals surface area (Å²) in [6.45, 7) is 1.85. The van der Waals surface area contributed by atoms with Crippen LogP contribution in [0, 0.1) is 0 Å². The molecule has 0 saturated heterocycles. The highest BCUT2D eigenvalue weighted by Crippen LogP contribution is 2.22. The average molecular weight is 285 g/mol. The van der Waals surface area contributed by atoms with Gasteiger partial charge in [0.1, 0.15) is 0 Å². The van der Waals surface area contributed by atoms with E-state index in [1.807, 2.05) is 49.4 Å². The molecule has 2 rings (SSSR count). The van der Waals surface area contributed by atoms with Gasteiger partial charge in [0.25, 0.3) is 5.91 Å². The Morgan fingerprint density at radius 3 is 2.80 bits per heavy atom. The third-order valence-corrected chi connectivity index (χ3v) is 3.61. The molecule has 1 aromatic heterocycles. The minimum atomic E-state index is -0.205. The van der Waals surface area contributed by atoms with Gasteiger partial charge in [-0.2, -0.15) is 5.10 Å². The molecule has 20 heavy (non-hydrogen) atoms. The molecule has 0 radical (unpaired) electrons. The Kier molecular flexibility index (Phi) is 5.32. The first-order valence-electron chi connectivity index (χ1n) is 6.20. The van der Waals surface area contributed by atoms with Crippen molar-refractivity contribution in [3.05, 3.63) is 60.4 Å². The van der Waals surface area contributed by atoms with Crippen molar-refractivity contribution < 1.29 is 4.79 Å². The van der Waals surface area contributed by atoms with Crippen molar-refractivity contribution in [3.8, 4) is 0 Å². The first-order chi connectivity index (χ1) is 9.75. The van der Waals surface area contributed by atoms with Crippen LogP contribution < -0.4 is 5.43 Å². The molecule has 1 N–H and O–H groups in total. The quantitative estimate of drug-likeness (QED) is 0.522. The normalized spacial score (nSPS) is 12.2. The third kappa shape index (κ3) is 4.51. The molecule has 5 heteroatoms. The van der Waals surface area contributed by atoms with Crippen LogP contribution in [0.3, 0.4) is 0 Å². The van der Waals surface area contributed by atoms with Crippen LogP contribution in [-0.2, 0) is 4.79 Å². The van der Waals surface area contributed by atoms with E-state index in [1.165, 1.54) is 11.8 Å². The first kappa shape index (κ1) is 14.3. The van der Waals surface area contributed by atoms with Crippen LogP contribution >= 0.6 is 11.8 Å². The Morgan fingerprint density at radius 1 is 1.30 bits per heavy atom. The largest absolute Gasteiger partial charge is 0.272 e. The second-order valence-electron chi connectivity index (χ2n) is 4.09. The highest BCUT2D eigenvalue weighted by molar-refractivity contribution is 8.00. The van der Waals surface area contributed by atoms with Crippen molar-refractivity contribution in [1.82, 2.24) is 10.4 Å². The van der Waals surface area contributed by atoms with Gasteiger partial charge in [-0.1, -0.05) is 24.3 Å². The number of nitrogens with one attached hydrogen (secondary N) is 1. The maximum Gasteiger partial charge on any atom is 0.253 e. The SMILES string of the molecule is C[C@@H](Sc1ccccc1)C(=O)N/N=C\c1cccnc1. The summed E-state index contributed by atoms with van der Waals surface area (Å²) in [6, 6.07) is 13.5. The number of nitrogens with zero attached hydrogens (tertiary/aromatic N) is 2. The zero-order valence-corrected chi connectivity index (χ0v) is 11.9. The monoisotopic (exact) mass is 285 g/mol. The Balaban J connectivity index is 1.84. The van der Waals surface area contributed by atoms with E-state index in [4.69, 9.17) is 0 Å². The predicted octanol–water partition coefficient (Wildman–Crippen LogP) is 2.71. The Bertz CT molecular complexity index is 572. The lowest BCUT2D eigenvalue weighted by atomic mass is 10.3. The first-order valence-corrected chi connectivity index (χ1v) is 7.08. The van der Waals surface area contributed by atoms with E-state index in [-0.39, 0.29) is 11.2 Å². The molecule has 1 amide bonds. The van der Waals surface area contributed by atoms with Crippen LogP contribution in [0.4, 0.5) is 0 Å². The summed E-state index contributed by atoms with van der Waals surface area (Å²) in [6.07, 6.45) is 4.94. The number of carbonyl (C=O) groups is 1. The fraction of sp³-hybridized carbons (Fsp3) is 0.133. The molecule has 1 atom stereocenters. The van der Waals surface area contributed by atoms with Crippen molar-refractivity contribution in [2.75, 3.05) is 0 Å². The molecule has 0 aliphatic heterocycles. The molecule has 0 aliphatic carbocycles. The van der Waals surface area contributed by atoms with Gasteiger partial charge in [0, 0.05) is 22.9 Å². The number of benzene rings is 1. The Hall–Kier alpha value is -2.14. The van der Waals surface area contributed by atoms with Crippen molar-refractivity contribution in [2.24, 2.45) is 5.10 Å². The molecule has 0 saturated carbocycles. The number of thioether (sulfide) groups is 1. The summed E-state index contributed by atoms with van der Waals surface area (Å²) in [5.41, 5.74) is 3.38. The standard InChI is InChI=1S/C15H15N3OS/c1-12(20-14-7-3-2-4-8-14)15(19)18-17-11-13-6-5-9-16-10-13/h2-12H,1H3,(H,18,19)/b17-11-/t12-/m1/s1. The molecule has 0 fully saturated rings. The van der Waals surface area contributed by atoms with Gasteiger partial charge in [0.2, 0.25) is 0 Å². The summed E-state index contributed by atoms with van der Waals surface area (Å²) >= 11 is 1.50. The number of hydrazone groups is 1. The van der Waals surface area contributed by atoms with E-state index in [9.17, 15) is 4.79 Å². The van der Waals surface area contributed by atoms with Crippen molar-refractivity contribution >= 4 is 23.9 Å². The van der Waals surface area contributed by atoms with Gasteiger partial charge in [0.05, 0.1) is 11.5 Å². The lowest BCUT2D eigenvalue weighted by molar-refractivity contribution is -0.120. The maximum absolute atomic E-state index is 11.9. The van der Waals surface area contributed by atoms with Gasteiger partial charge in [-0.3, -0.25) is 9.78 Å². The summed E-state index contributed by atoms with van der Waals surface area (Å²) < 4.78 is 0. The average Bonchev–Trinajstić information content (AvgIpc) is 2.49. The number of pyridine rings is 1. The number of carbonyl (C=O) groups excluding carboxylic acids is 1. The molecule has 0 unspecified atom stereocenters. The summed E-state index contributed by atoms with van der Waals surface area (Å²) in [5.74, 6) is -0.126. The van der Waals surface area contributed by atoms with Crippen LogP contribution in [0.2, 0.25) is 0 Å². The smallest absolute Gasteiger partial charge is 0.253 e. The molecule has 102 valence electrons. The van der Waals surface area contributed by atoms with Crippen LogP contribution in [0.15, 0.2) is 64.9 Å². The summed E-state index contributed by atoms with van der Waals surface area (Å²) in [5, 5.41) is 3.72. The maximum atomic E-state index is 11.9. The fourth-order valence-corrected chi connectivity index (χ4v) is 2.35. The number of aromatic nitrogens is 1. The van der Waals surface area contributed by atoms with Gasteiger partial charge in [0.15, 0.2) is 0 Å². The van der Waals surface area contributed by atoms with Crippen LogP contribution in [-0.4, -0.2) is 22.4 Å². The highest BCUT2D eigenvalue weighted by Gasteiger charge is 2.13. The summed E-state index contributed by atoms with van der Waals surface area (Å²) in [4.78, 5) is 16.9. The number of rotatable bonds is 5. The van der Waals surface area contributed by atoms with Crippen molar-refractivity contribution in [3.63, 3.8) is 0 Å². The molecule has 0 spiro atoms. The topological polar surface area (TPSA) is 54.4 Å². The Morgan fingerprint density at radius 2 is 2.10 bits per heavy atom.